The van der Waals surface area contributed by atoms with Crippen molar-refractivity contribution >= 4 is 17.8 Å². The SMILES string of the molecule is CC(C)(C)OC(=O)NC1C[C@H]2CC[C@@H](C1)N2c1ccc(C(=O)NCc2ccccc2)cn1. The molecule has 2 N–H and O–H groups in total. The van der Waals surface area contributed by atoms with Crippen molar-refractivity contribution in [2.24, 2.45) is 0 Å². The van der Waals surface area contributed by atoms with E-state index in [2.05, 4.69) is 20.5 Å². The number of rotatable bonds is 5. The molecule has 7 heteroatoms. The first kappa shape index (κ1) is 22.1. The second-order valence-corrected chi connectivity index (χ2v) is 9.68. The summed E-state index contributed by atoms with van der Waals surface area (Å²) in [5.41, 5.74) is 1.12. The van der Waals surface area contributed by atoms with Gasteiger partial charge in [0.2, 0.25) is 0 Å². The lowest BCUT2D eigenvalue weighted by Gasteiger charge is -2.40. The standard InChI is InChI=1S/C25H32N4O3/c1-25(2,3)32-24(31)28-19-13-20-10-11-21(14-19)29(20)22-12-9-18(16-26-22)23(30)27-15-17-7-5-4-6-8-17/h4-9,12,16,19-21H,10-11,13-15H2,1-3H3,(H,27,30)(H,28,31)/t19?,20-,21+. The molecular formula is C25H32N4O3. The van der Waals surface area contributed by atoms with Crippen LogP contribution in [0.2, 0.25) is 0 Å². The maximum absolute atomic E-state index is 12.5. The number of nitrogens with one attached hydrogen (secondary N) is 2. The smallest absolute Gasteiger partial charge is 0.407 e. The van der Waals surface area contributed by atoms with Gasteiger partial charge in [-0.3, -0.25) is 4.79 Å². The molecule has 2 fully saturated rings. The Labute approximate surface area is 189 Å². The van der Waals surface area contributed by atoms with Gasteiger partial charge in [0.1, 0.15) is 11.4 Å². The van der Waals surface area contributed by atoms with Crippen LogP contribution in [0.4, 0.5) is 10.6 Å². The number of nitrogens with zero attached hydrogens (tertiary/aromatic N) is 2. The summed E-state index contributed by atoms with van der Waals surface area (Å²) in [6.07, 6.45) is 5.21. The number of carbonyl (C=O) groups excluding carboxylic acids is 2. The zero-order chi connectivity index (χ0) is 22.7. The summed E-state index contributed by atoms with van der Waals surface area (Å²) in [4.78, 5) is 31.6. The van der Waals surface area contributed by atoms with Crippen LogP contribution >= 0.6 is 0 Å². The topological polar surface area (TPSA) is 83.6 Å². The zero-order valence-electron chi connectivity index (χ0n) is 19.0. The van der Waals surface area contributed by atoms with Gasteiger partial charge in [-0.15, -0.1) is 0 Å². The van der Waals surface area contributed by atoms with Crippen molar-refractivity contribution in [1.82, 2.24) is 15.6 Å². The minimum Gasteiger partial charge on any atom is -0.444 e. The van der Waals surface area contributed by atoms with Crippen LogP contribution < -0.4 is 15.5 Å². The van der Waals surface area contributed by atoms with E-state index in [-0.39, 0.29) is 18.0 Å². The highest BCUT2D eigenvalue weighted by atomic mass is 16.6. The Kier molecular flexibility index (Phi) is 6.35. The van der Waals surface area contributed by atoms with Gasteiger partial charge < -0.3 is 20.3 Å². The molecule has 0 radical (unpaired) electrons. The molecular weight excluding hydrogens is 404 g/mol. The number of hydrogen-bond acceptors (Lipinski definition) is 5. The second-order valence-electron chi connectivity index (χ2n) is 9.68. The number of fused-ring (bicyclic) bond motifs is 2. The van der Waals surface area contributed by atoms with E-state index >= 15 is 0 Å². The van der Waals surface area contributed by atoms with Gasteiger partial charge in [0, 0.05) is 30.9 Å². The number of anilines is 1. The Hall–Kier alpha value is -3.09. The fourth-order valence-electron chi connectivity index (χ4n) is 4.70. The van der Waals surface area contributed by atoms with Gasteiger partial charge in [-0.2, -0.15) is 0 Å². The number of amides is 2. The highest BCUT2D eigenvalue weighted by molar-refractivity contribution is 5.94. The number of carbonyl (C=O) groups is 2. The lowest BCUT2D eigenvalue weighted by atomic mass is 9.97. The number of hydrogen-bond donors (Lipinski definition) is 2. The predicted molar refractivity (Wildman–Crippen MR) is 124 cm³/mol. The Balaban J connectivity index is 1.34. The first-order chi connectivity index (χ1) is 15.3. The maximum Gasteiger partial charge on any atom is 0.407 e. The third kappa shape index (κ3) is 5.39. The number of alkyl carbamates (subject to hydrolysis) is 1. The van der Waals surface area contributed by atoms with Gasteiger partial charge >= 0.3 is 6.09 Å². The summed E-state index contributed by atoms with van der Waals surface area (Å²) in [5, 5.41) is 5.98. The summed E-state index contributed by atoms with van der Waals surface area (Å²) in [6.45, 7) is 6.10. The molecule has 2 saturated heterocycles. The molecule has 1 unspecified atom stereocenters. The van der Waals surface area contributed by atoms with E-state index in [4.69, 9.17) is 4.74 Å². The fourth-order valence-corrected chi connectivity index (χ4v) is 4.70. The lowest BCUT2D eigenvalue weighted by Crippen LogP contribution is -2.51. The molecule has 1 aromatic carbocycles. The van der Waals surface area contributed by atoms with Gasteiger partial charge in [0.05, 0.1) is 5.56 Å². The van der Waals surface area contributed by atoms with E-state index < -0.39 is 5.60 Å². The van der Waals surface area contributed by atoms with Crippen LogP contribution in [0.5, 0.6) is 0 Å². The van der Waals surface area contributed by atoms with Crippen LogP contribution in [0.1, 0.15) is 62.4 Å². The van der Waals surface area contributed by atoms with E-state index in [1.165, 1.54) is 0 Å². The van der Waals surface area contributed by atoms with Crippen molar-refractivity contribution in [3.8, 4) is 0 Å². The van der Waals surface area contributed by atoms with Gasteiger partial charge in [0.15, 0.2) is 0 Å². The number of ether oxygens (including phenoxy) is 1. The molecule has 1 aromatic heterocycles. The number of benzene rings is 1. The minimum atomic E-state index is -0.497. The van der Waals surface area contributed by atoms with Crippen LogP contribution in [-0.2, 0) is 11.3 Å². The molecule has 0 saturated carbocycles. The average Bonchev–Trinajstić information content (AvgIpc) is 3.02. The van der Waals surface area contributed by atoms with Crippen molar-refractivity contribution in [2.75, 3.05) is 4.90 Å². The third-order valence-electron chi connectivity index (χ3n) is 6.02. The molecule has 2 bridgehead atoms. The summed E-state index contributed by atoms with van der Waals surface area (Å²) in [7, 11) is 0. The summed E-state index contributed by atoms with van der Waals surface area (Å²) in [5.74, 6) is 0.768. The van der Waals surface area contributed by atoms with Crippen LogP contribution in [-0.4, -0.2) is 40.7 Å². The summed E-state index contributed by atoms with van der Waals surface area (Å²) >= 11 is 0. The monoisotopic (exact) mass is 436 g/mol. The molecule has 0 spiro atoms. The van der Waals surface area contributed by atoms with Crippen molar-refractivity contribution in [3.63, 3.8) is 0 Å². The molecule has 2 aliphatic rings. The molecule has 4 rings (SSSR count). The molecule has 2 aromatic rings. The average molecular weight is 437 g/mol. The fraction of sp³-hybridized carbons (Fsp3) is 0.480. The van der Waals surface area contributed by atoms with Crippen LogP contribution in [0, 0.1) is 0 Å². The van der Waals surface area contributed by atoms with E-state index in [9.17, 15) is 9.59 Å². The molecule has 2 aliphatic heterocycles. The Morgan fingerprint density at radius 1 is 1.06 bits per heavy atom. The highest BCUT2D eigenvalue weighted by Crippen LogP contribution is 2.38. The normalized spacial score (nSPS) is 22.3. The Bertz CT molecular complexity index is 926. The first-order valence-corrected chi connectivity index (χ1v) is 11.3. The van der Waals surface area contributed by atoms with Gasteiger partial charge in [-0.25, -0.2) is 9.78 Å². The van der Waals surface area contributed by atoms with E-state index in [1.807, 2.05) is 63.2 Å². The molecule has 2 amide bonds. The van der Waals surface area contributed by atoms with Crippen molar-refractivity contribution < 1.29 is 14.3 Å². The Morgan fingerprint density at radius 3 is 2.34 bits per heavy atom. The minimum absolute atomic E-state index is 0.113. The van der Waals surface area contributed by atoms with Crippen molar-refractivity contribution in [3.05, 3.63) is 59.8 Å². The van der Waals surface area contributed by atoms with E-state index in [0.717, 1.165) is 37.1 Å². The second kappa shape index (κ2) is 9.18. The molecule has 32 heavy (non-hydrogen) atoms. The maximum atomic E-state index is 12.5. The first-order valence-electron chi connectivity index (χ1n) is 11.3. The molecule has 3 heterocycles. The van der Waals surface area contributed by atoms with Crippen molar-refractivity contribution in [1.29, 1.82) is 0 Å². The van der Waals surface area contributed by atoms with E-state index in [1.54, 1.807) is 6.20 Å². The quantitative estimate of drug-likeness (QED) is 0.739. The lowest BCUT2D eigenvalue weighted by molar-refractivity contribution is 0.0492. The van der Waals surface area contributed by atoms with E-state index in [0.29, 0.717) is 24.2 Å². The Morgan fingerprint density at radius 2 is 1.75 bits per heavy atom. The van der Waals surface area contributed by atoms with Crippen LogP contribution in [0.15, 0.2) is 48.7 Å². The summed E-state index contributed by atoms with van der Waals surface area (Å²) in [6, 6.07) is 14.4. The molecule has 0 aliphatic carbocycles. The molecule has 170 valence electrons. The number of aromatic nitrogens is 1. The molecule has 7 nitrogen and oxygen atoms in total. The third-order valence-corrected chi connectivity index (χ3v) is 6.02. The number of pyridine rings is 1. The van der Waals surface area contributed by atoms with Crippen LogP contribution in [0.25, 0.3) is 0 Å². The number of piperidine rings is 1. The van der Waals surface area contributed by atoms with Crippen molar-refractivity contribution in [2.45, 2.75) is 76.7 Å². The van der Waals surface area contributed by atoms with Gasteiger partial charge in [-0.05, 0) is 64.2 Å². The van der Waals surface area contributed by atoms with Gasteiger partial charge in [0.25, 0.3) is 5.91 Å². The van der Waals surface area contributed by atoms with Gasteiger partial charge in [-0.1, -0.05) is 30.3 Å². The zero-order valence-corrected chi connectivity index (χ0v) is 19.0. The largest absolute Gasteiger partial charge is 0.444 e. The highest BCUT2D eigenvalue weighted by Gasteiger charge is 2.42. The summed E-state index contributed by atoms with van der Waals surface area (Å²) < 4.78 is 5.41. The molecule has 3 atom stereocenters. The van der Waals surface area contributed by atoms with Crippen LogP contribution in [0.3, 0.4) is 0 Å². The predicted octanol–water partition coefficient (Wildman–Crippen LogP) is 4.04.